The summed E-state index contributed by atoms with van der Waals surface area (Å²) in [4.78, 5) is 14.3. The molecule has 0 radical (unpaired) electrons. The van der Waals surface area contributed by atoms with E-state index in [0.717, 1.165) is 0 Å². The molecule has 6 heteroatoms. The molecule has 0 unspecified atom stereocenters. The van der Waals surface area contributed by atoms with Crippen LogP contribution < -0.4 is 0 Å². The van der Waals surface area contributed by atoms with Gasteiger partial charge in [0.25, 0.3) is 5.82 Å². The van der Waals surface area contributed by atoms with Crippen LogP contribution in [0.25, 0.3) is 5.65 Å². The van der Waals surface area contributed by atoms with Crippen LogP contribution in [0, 0.1) is 0 Å². The summed E-state index contributed by atoms with van der Waals surface area (Å²) in [6, 6.07) is 5.21. The molecule has 2 aromatic heterocycles. The van der Waals surface area contributed by atoms with E-state index in [2.05, 4.69) is 26.0 Å². The number of carbonyl (C=O) groups is 1. The van der Waals surface area contributed by atoms with Crippen LogP contribution in [0.1, 0.15) is 10.6 Å². The van der Waals surface area contributed by atoms with E-state index in [0.29, 0.717) is 10.3 Å². The highest BCUT2D eigenvalue weighted by molar-refractivity contribution is 9.10. The van der Waals surface area contributed by atoms with Crippen molar-refractivity contribution in [3.63, 3.8) is 0 Å². The summed E-state index contributed by atoms with van der Waals surface area (Å²) in [7, 11) is 0. The number of nitrogens with zero attached hydrogens (tertiary/aromatic N) is 3. The first-order valence-corrected chi connectivity index (χ1v) is 4.22. The molecule has 0 spiro atoms. The molecule has 66 valence electrons. The number of carboxylic acid groups (broad SMARTS) is 1. The van der Waals surface area contributed by atoms with E-state index in [4.69, 9.17) is 5.11 Å². The van der Waals surface area contributed by atoms with Crippen molar-refractivity contribution in [3.8, 4) is 0 Å². The number of pyridine rings is 1. The van der Waals surface area contributed by atoms with Crippen molar-refractivity contribution in [1.82, 2.24) is 14.6 Å². The minimum Gasteiger partial charge on any atom is -0.475 e. The molecule has 0 fully saturated rings. The minimum atomic E-state index is -1.13. The van der Waals surface area contributed by atoms with Gasteiger partial charge >= 0.3 is 5.97 Å². The normalized spacial score (nSPS) is 10.5. The molecule has 0 aliphatic rings. The highest BCUT2D eigenvalue weighted by Crippen LogP contribution is 2.11. The number of halogens is 1. The molecule has 5 nitrogen and oxygen atoms in total. The van der Waals surface area contributed by atoms with Crippen LogP contribution in [0.15, 0.2) is 22.8 Å². The van der Waals surface area contributed by atoms with E-state index in [1.54, 1.807) is 18.2 Å². The third-order valence-corrected chi connectivity index (χ3v) is 2.11. The predicted molar refractivity (Wildman–Crippen MR) is 47.6 cm³/mol. The van der Waals surface area contributed by atoms with Crippen LogP contribution in [0.3, 0.4) is 0 Å². The second-order valence-corrected chi connectivity index (χ2v) is 3.17. The van der Waals surface area contributed by atoms with Crippen molar-refractivity contribution in [1.29, 1.82) is 0 Å². The minimum absolute atomic E-state index is 0.202. The summed E-state index contributed by atoms with van der Waals surface area (Å²) in [5, 5.41) is 12.4. The Morgan fingerprint density at radius 3 is 2.92 bits per heavy atom. The van der Waals surface area contributed by atoms with Crippen molar-refractivity contribution in [2.24, 2.45) is 0 Å². The smallest absolute Gasteiger partial charge is 0.375 e. The van der Waals surface area contributed by atoms with Crippen LogP contribution in [0.5, 0.6) is 0 Å². The van der Waals surface area contributed by atoms with E-state index in [1.165, 1.54) is 4.52 Å². The molecule has 2 aromatic rings. The van der Waals surface area contributed by atoms with Crippen LogP contribution >= 0.6 is 15.9 Å². The Hall–Kier alpha value is -1.43. The molecular formula is C7H4BrN3O2. The molecular weight excluding hydrogens is 238 g/mol. The standard InChI is InChI=1S/C7H4BrN3O2/c8-4-2-1-3-5-9-6(7(12)13)10-11(4)5/h1-3H,(H,12,13). The van der Waals surface area contributed by atoms with Gasteiger partial charge in [0.1, 0.15) is 4.60 Å². The van der Waals surface area contributed by atoms with E-state index in [9.17, 15) is 4.79 Å². The zero-order chi connectivity index (χ0) is 9.42. The maximum Gasteiger partial charge on any atom is 0.375 e. The Balaban J connectivity index is 2.75. The number of hydrogen-bond donors (Lipinski definition) is 1. The summed E-state index contributed by atoms with van der Waals surface area (Å²) in [5.41, 5.74) is 0.506. The van der Waals surface area contributed by atoms with Crippen molar-refractivity contribution >= 4 is 27.5 Å². The Bertz CT molecular complexity index is 480. The fourth-order valence-electron chi connectivity index (χ4n) is 0.964. The topological polar surface area (TPSA) is 67.5 Å². The maximum atomic E-state index is 10.5. The fraction of sp³-hybridized carbons (Fsp3) is 0. The van der Waals surface area contributed by atoms with Gasteiger partial charge in [0.15, 0.2) is 5.65 Å². The molecule has 0 aliphatic heterocycles. The van der Waals surface area contributed by atoms with Gasteiger partial charge in [0.2, 0.25) is 0 Å². The van der Waals surface area contributed by atoms with Gasteiger partial charge in [-0.1, -0.05) is 6.07 Å². The summed E-state index contributed by atoms with van der Waals surface area (Å²) < 4.78 is 2.09. The second kappa shape index (κ2) is 2.81. The molecule has 0 saturated carbocycles. The van der Waals surface area contributed by atoms with Gasteiger partial charge in [0.05, 0.1) is 0 Å². The molecule has 0 bridgehead atoms. The van der Waals surface area contributed by atoms with Gasteiger partial charge < -0.3 is 5.11 Å². The summed E-state index contributed by atoms with van der Waals surface area (Å²) in [6.07, 6.45) is 0. The summed E-state index contributed by atoms with van der Waals surface area (Å²) in [5.74, 6) is -1.33. The highest BCUT2D eigenvalue weighted by Gasteiger charge is 2.11. The van der Waals surface area contributed by atoms with E-state index < -0.39 is 5.97 Å². The molecule has 2 rings (SSSR count). The molecule has 0 atom stereocenters. The number of hydrogen-bond acceptors (Lipinski definition) is 3. The van der Waals surface area contributed by atoms with Crippen molar-refractivity contribution in [2.75, 3.05) is 0 Å². The van der Waals surface area contributed by atoms with Gasteiger partial charge in [-0.05, 0) is 28.1 Å². The van der Waals surface area contributed by atoms with E-state index in [-0.39, 0.29) is 5.82 Å². The third kappa shape index (κ3) is 1.29. The van der Waals surface area contributed by atoms with Gasteiger partial charge in [-0.3, -0.25) is 0 Å². The molecule has 0 aromatic carbocycles. The number of aromatic nitrogens is 3. The first kappa shape index (κ1) is 8.18. The van der Waals surface area contributed by atoms with Gasteiger partial charge in [-0.15, -0.1) is 5.10 Å². The number of rotatable bonds is 1. The average molecular weight is 242 g/mol. The maximum absolute atomic E-state index is 10.5. The summed E-state index contributed by atoms with van der Waals surface area (Å²) >= 11 is 3.23. The Morgan fingerprint density at radius 1 is 1.54 bits per heavy atom. The van der Waals surface area contributed by atoms with Gasteiger partial charge in [-0.25, -0.2) is 14.3 Å². The monoisotopic (exact) mass is 241 g/mol. The predicted octanol–water partition coefficient (Wildman–Crippen LogP) is 1.19. The van der Waals surface area contributed by atoms with Crippen LogP contribution in [0.4, 0.5) is 0 Å². The highest BCUT2D eigenvalue weighted by atomic mass is 79.9. The average Bonchev–Trinajstić information content (AvgIpc) is 2.49. The van der Waals surface area contributed by atoms with E-state index >= 15 is 0 Å². The zero-order valence-electron chi connectivity index (χ0n) is 6.31. The first-order valence-electron chi connectivity index (χ1n) is 3.43. The van der Waals surface area contributed by atoms with E-state index in [1.807, 2.05) is 0 Å². The SMILES string of the molecule is O=C(O)c1nc2cccc(Br)n2n1. The van der Waals surface area contributed by atoms with Crippen LogP contribution in [0.2, 0.25) is 0 Å². The second-order valence-electron chi connectivity index (χ2n) is 2.36. The molecule has 0 aliphatic carbocycles. The number of fused-ring (bicyclic) bond motifs is 1. The molecule has 2 heterocycles. The van der Waals surface area contributed by atoms with Crippen LogP contribution in [-0.2, 0) is 0 Å². The molecule has 1 N–H and O–H groups in total. The largest absolute Gasteiger partial charge is 0.475 e. The van der Waals surface area contributed by atoms with Gasteiger partial charge in [-0.2, -0.15) is 0 Å². The Morgan fingerprint density at radius 2 is 2.31 bits per heavy atom. The number of aromatic carboxylic acids is 1. The molecule has 0 saturated heterocycles. The quantitative estimate of drug-likeness (QED) is 0.762. The Kier molecular flexibility index (Phi) is 1.77. The van der Waals surface area contributed by atoms with Gasteiger partial charge in [0, 0.05) is 0 Å². The zero-order valence-corrected chi connectivity index (χ0v) is 7.89. The lowest BCUT2D eigenvalue weighted by molar-refractivity contribution is 0.0684. The molecule has 0 amide bonds. The Labute approximate surface area is 81.1 Å². The lowest BCUT2D eigenvalue weighted by Gasteiger charge is -1.91. The van der Waals surface area contributed by atoms with Crippen molar-refractivity contribution < 1.29 is 9.90 Å². The molecule has 13 heavy (non-hydrogen) atoms. The fourth-order valence-corrected chi connectivity index (χ4v) is 1.38. The first-order chi connectivity index (χ1) is 6.18. The van der Waals surface area contributed by atoms with Crippen LogP contribution in [-0.4, -0.2) is 25.7 Å². The lowest BCUT2D eigenvalue weighted by atomic mass is 10.5. The van der Waals surface area contributed by atoms with Crippen molar-refractivity contribution in [2.45, 2.75) is 0 Å². The van der Waals surface area contributed by atoms with Crippen molar-refractivity contribution in [3.05, 3.63) is 28.6 Å². The third-order valence-electron chi connectivity index (χ3n) is 1.50. The summed E-state index contributed by atoms with van der Waals surface area (Å²) in [6.45, 7) is 0. The number of carboxylic acids is 1. The lowest BCUT2D eigenvalue weighted by Crippen LogP contribution is -1.99.